The van der Waals surface area contributed by atoms with E-state index in [-0.39, 0.29) is 0 Å². The highest BCUT2D eigenvalue weighted by molar-refractivity contribution is 4.74. The molecule has 0 aliphatic heterocycles. The average Bonchev–Trinajstić information content (AvgIpc) is 2.52. The highest BCUT2D eigenvalue weighted by Gasteiger charge is 2.21. The molecule has 1 aliphatic carbocycles. The lowest BCUT2D eigenvalue weighted by atomic mass is 9.83. The molecule has 0 heterocycles. The van der Waals surface area contributed by atoms with Gasteiger partial charge in [0.05, 0.1) is 0 Å². The maximum atomic E-state index is 3.55. The summed E-state index contributed by atoms with van der Waals surface area (Å²) < 4.78 is 0. The van der Waals surface area contributed by atoms with Gasteiger partial charge in [-0.05, 0) is 31.3 Å². The second kappa shape index (κ2) is 8.15. The molecule has 1 saturated carbocycles. The summed E-state index contributed by atoms with van der Waals surface area (Å²) in [6.07, 6.45) is 11.7. The zero-order chi connectivity index (χ0) is 10.9. The second-order valence-electron chi connectivity index (χ2n) is 5.11. The normalized spacial score (nSPS) is 21.2. The van der Waals surface area contributed by atoms with Gasteiger partial charge in [-0.15, -0.1) is 0 Å². The molecule has 1 rings (SSSR count). The van der Waals surface area contributed by atoms with Crippen LogP contribution in [0.25, 0.3) is 0 Å². The van der Waals surface area contributed by atoms with Crippen LogP contribution >= 0.6 is 0 Å². The van der Waals surface area contributed by atoms with Crippen LogP contribution in [0.5, 0.6) is 0 Å². The van der Waals surface area contributed by atoms with Gasteiger partial charge >= 0.3 is 0 Å². The molecule has 1 aliphatic rings. The van der Waals surface area contributed by atoms with Crippen molar-refractivity contribution in [3.8, 4) is 0 Å². The van der Waals surface area contributed by atoms with Crippen molar-refractivity contribution in [1.29, 1.82) is 0 Å². The van der Waals surface area contributed by atoms with E-state index >= 15 is 0 Å². The molecule has 0 spiro atoms. The summed E-state index contributed by atoms with van der Waals surface area (Å²) in [6.45, 7) is 6.94. The van der Waals surface area contributed by atoms with Gasteiger partial charge in [-0.2, -0.15) is 0 Å². The standard InChI is InChI=1S/C14H29N/c1-3-9-14(12-15-4-2)13-10-7-5-6-8-11-13/h13-15H,3-12H2,1-2H3. The molecule has 0 bridgehead atoms. The number of rotatable bonds is 6. The summed E-state index contributed by atoms with van der Waals surface area (Å²) in [5.41, 5.74) is 0. The van der Waals surface area contributed by atoms with Gasteiger partial charge in [0.2, 0.25) is 0 Å². The summed E-state index contributed by atoms with van der Waals surface area (Å²) in [6, 6.07) is 0. The first-order valence-corrected chi connectivity index (χ1v) is 7.09. The van der Waals surface area contributed by atoms with E-state index in [1.807, 2.05) is 0 Å². The van der Waals surface area contributed by atoms with Crippen LogP contribution in [0.3, 0.4) is 0 Å². The molecule has 0 amide bonds. The molecule has 90 valence electrons. The summed E-state index contributed by atoms with van der Waals surface area (Å²) in [7, 11) is 0. The van der Waals surface area contributed by atoms with Gasteiger partial charge in [0.1, 0.15) is 0 Å². The maximum absolute atomic E-state index is 3.55. The monoisotopic (exact) mass is 211 g/mol. The van der Waals surface area contributed by atoms with E-state index in [4.69, 9.17) is 0 Å². The molecule has 0 aromatic carbocycles. The van der Waals surface area contributed by atoms with Crippen molar-refractivity contribution in [2.45, 2.75) is 65.2 Å². The van der Waals surface area contributed by atoms with Gasteiger partial charge in [-0.3, -0.25) is 0 Å². The van der Waals surface area contributed by atoms with Crippen LogP contribution in [-0.4, -0.2) is 13.1 Å². The fraction of sp³-hybridized carbons (Fsp3) is 1.00. The minimum atomic E-state index is 0.952. The van der Waals surface area contributed by atoms with Crippen LogP contribution in [0, 0.1) is 11.8 Å². The molecule has 1 unspecified atom stereocenters. The lowest BCUT2D eigenvalue weighted by Crippen LogP contribution is -2.28. The van der Waals surface area contributed by atoms with Crippen LogP contribution in [0.4, 0.5) is 0 Å². The van der Waals surface area contributed by atoms with Gasteiger partial charge in [-0.1, -0.05) is 58.8 Å². The third-order valence-corrected chi connectivity index (χ3v) is 3.88. The van der Waals surface area contributed by atoms with Gasteiger partial charge in [0.25, 0.3) is 0 Å². The first-order chi connectivity index (χ1) is 7.38. The van der Waals surface area contributed by atoms with Crippen LogP contribution < -0.4 is 5.32 Å². The van der Waals surface area contributed by atoms with E-state index in [1.165, 1.54) is 57.9 Å². The molecule has 0 radical (unpaired) electrons. The molecule has 1 nitrogen and oxygen atoms in total. The summed E-state index contributed by atoms with van der Waals surface area (Å²) in [4.78, 5) is 0. The predicted molar refractivity (Wildman–Crippen MR) is 68.1 cm³/mol. The Kier molecular flexibility index (Phi) is 7.08. The number of hydrogen-bond donors (Lipinski definition) is 1. The van der Waals surface area contributed by atoms with Gasteiger partial charge in [0, 0.05) is 0 Å². The Morgan fingerprint density at radius 1 is 1.07 bits per heavy atom. The van der Waals surface area contributed by atoms with E-state index in [2.05, 4.69) is 19.2 Å². The van der Waals surface area contributed by atoms with E-state index in [9.17, 15) is 0 Å². The van der Waals surface area contributed by atoms with Gasteiger partial charge < -0.3 is 5.32 Å². The third-order valence-electron chi connectivity index (χ3n) is 3.88. The molecule has 15 heavy (non-hydrogen) atoms. The fourth-order valence-corrected chi connectivity index (χ4v) is 2.99. The average molecular weight is 211 g/mol. The zero-order valence-electron chi connectivity index (χ0n) is 10.7. The van der Waals surface area contributed by atoms with Crippen LogP contribution in [0.1, 0.15) is 65.2 Å². The topological polar surface area (TPSA) is 12.0 Å². The highest BCUT2D eigenvalue weighted by atomic mass is 14.8. The smallest absolute Gasteiger partial charge is 0.00180 e. The molecule has 1 N–H and O–H groups in total. The third kappa shape index (κ3) is 5.01. The van der Waals surface area contributed by atoms with Gasteiger partial charge in [-0.25, -0.2) is 0 Å². The highest BCUT2D eigenvalue weighted by Crippen LogP contribution is 2.31. The van der Waals surface area contributed by atoms with Gasteiger partial charge in [0.15, 0.2) is 0 Å². The Hall–Kier alpha value is -0.0400. The number of nitrogens with one attached hydrogen (secondary N) is 1. The van der Waals surface area contributed by atoms with Crippen molar-refractivity contribution in [3.63, 3.8) is 0 Å². The largest absolute Gasteiger partial charge is 0.317 e. The fourth-order valence-electron chi connectivity index (χ4n) is 2.99. The Labute approximate surface area is 96.0 Å². The molecule has 1 atom stereocenters. The molecule has 0 aromatic rings. The summed E-state index contributed by atoms with van der Waals surface area (Å²) in [5.74, 6) is 1.97. The summed E-state index contributed by atoms with van der Waals surface area (Å²) >= 11 is 0. The second-order valence-corrected chi connectivity index (χ2v) is 5.11. The Bertz CT molecular complexity index is 136. The molecular weight excluding hydrogens is 182 g/mol. The van der Waals surface area contributed by atoms with Crippen LogP contribution in [0.15, 0.2) is 0 Å². The van der Waals surface area contributed by atoms with Crippen LogP contribution in [-0.2, 0) is 0 Å². The van der Waals surface area contributed by atoms with Crippen molar-refractivity contribution in [2.24, 2.45) is 11.8 Å². The molecule has 1 fully saturated rings. The molecule has 0 aromatic heterocycles. The van der Waals surface area contributed by atoms with E-state index < -0.39 is 0 Å². The van der Waals surface area contributed by atoms with Crippen molar-refractivity contribution in [2.75, 3.05) is 13.1 Å². The van der Waals surface area contributed by atoms with E-state index in [0.29, 0.717) is 0 Å². The van der Waals surface area contributed by atoms with Crippen molar-refractivity contribution in [1.82, 2.24) is 5.32 Å². The minimum Gasteiger partial charge on any atom is -0.317 e. The maximum Gasteiger partial charge on any atom is -0.00180 e. The van der Waals surface area contributed by atoms with Crippen molar-refractivity contribution >= 4 is 0 Å². The first kappa shape index (κ1) is 13.0. The van der Waals surface area contributed by atoms with Crippen molar-refractivity contribution < 1.29 is 0 Å². The van der Waals surface area contributed by atoms with Crippen molar-refractivity contribution in [3.05, 3.63) is 0 Å². The zero-order valence-corrected chi connectivity index (χ0v) is 10.7. The molecular formula is C14H29N. The van der Waals surface area contributed by atoms with E-state index in [1.54, 1.807) is 0 Å². The Morgan fingerprint density at radius 3 is 2.27 bits per heavy atom. The predicted octanol–water partition coefficient (Wildman–Crippen LogP) is 3.98. The lowest BCUT2D eigenvalue weighted by molar-refractivity contribution is 0.271. The quantitative estimate of drug-likeness (QED) is 0.655. The minimum absolute atomic E-state index is 0.952. The Morgan fingerprint density at radius 2 is 1.73 bits per heavy atom. The first-order valence-electron chi connectivity index (χ1n) is 7.09. The van der Waals surface area contributed by atoms with Crippen LogP contribution in [0.2, 0.25) is 0 Å². The lowest BCUT2D eigenvalue weighted by Gasteiger charge is -2.26. The summed E-state index contributed by atoms with van der Waals surface area (Å²) in [5, 5.41) is 3.55. The van der Waals surface area contributed by atoms with E-state index in [0.717, 1.165) is 18.4 Å². The Balaban J connectivity index is 2.36. The number of hydrogen-bond acceptors (Lipinski definition) is 1. The molecule has 1 heteroatoms. The SMILES string of the molecule is CCCC(CNCC)C1CCCCCC1. The molecule has 0 saturated heterocycles.